The van der Waals surface area contributed by atoms with Gasteiger partial charge in [0, 0.05) is 11.3 Å². The first-order valence-electron chi connectivity index (χ1n) is 5.98. The van der Waals surface area contributed by atoms with E-state index in [4.69, 9.17) is 0 Å². The summed E-state index contributed by atoms with van der Waals surface area (Å²) in [5.41, 5.74) is 0. The molecule has 0 amide bonds. The van der Waals surface area contributed by atoms with Crippen LogP contribution < -0.4 is 0 Å². The molecule has 17 heavy (non-hydrogen) atoms. The number of thioether (sulfide) groups is 1. The number of carbonyl (C=O) groups excluding carboxylic acids is 1. The lowest BCUT2D eigenvalue weighted by Crippen LogP contribution is -2.02. The van der Waals surface area contributed by atoms with Crippen LogP contribution in [0.2, 0.25) is 0 Å². The summed E-state index contributed by atoms with van der Waals surface area (Å²) in [5, 5.41) is 0. The average molecular weight is 254 g/mol. The van der Waals surface area contributed by atoms with Gasteiger partial charge in [-0.05, 0) is 24.5 Å². The molecule has 0 atom stereocenters. The Labute approximate surface area is 107 Å². The summed E-state index contributed by atoms with van der Waals surface area (Å²) in [5.74, 6) is 0.979. The molecule has 1 aromatic rings. The number of Topliss-reactive ketones (excluding diaryl/α,β-unsaturated/α-hetero) is 1. The second-order valence-electron chi connectivity index (χ2n) is 4.54. The number of hydrogen-bond donors (Lipinski definition) is 0. The quantitative estimate of drug-likeness (QED) is 0.674. The molecule has 1 nitrogen and oxygen atoms in total. The summed E-state index contributed by atoms with van der Waals surface area (Å²) in [4.78, 5) is 12.1. The Morgan fingerprint density at radius 1 is 1.35 bits per heavy atom. The number of carbonyl (C=O) groups is 1. The number of hydrogen-bond acceptors (Lipinski definition) is 2. The van der Waals surface area contributed by atoms with Crippen LogP contribution in [0.5, 0.6) is 0 Å². The van der Waals surface area contributed by atoms with Gasteiger partial charge in [0.1, 0.15) is 11.6 Å². The first kappa shape index (κ1) is 14.2. The van der Waals surface area contributed by atoms with Crippen LogP contribution in [-0.2, 0) is 4.79 Å². The van der Waals surface area contributed by atoms with Crippen molar-refractivity contribution in [1.29, 1.82) is 0 Å². The van der Waals surface area contributed by atoms with Crippen molar-refractivity contribution in [2.75, 3.05) is 5.75 Å². The van der Waals surface area contributed by atoms with Crippen LogP contribution in [-0.4, -0.2) is 11.5 Å². The van der Waals surface area contributed by atoms with Crippen molar-refractivity contribution < 1.29 is 9.18 Å². The van der Waals surface area contributed by atoms with Gasteiger partial charge in [0.25, 0.3) is 0 Å². The number of ketones is 1. The van der Waals surface area contributed by atoms with Gasteiger partial charge in [-0.3, -0.25) is 4.79 Å². The third-order valence-electron chi connectivity index (χ3n) is 2.46. The van der Waals surface area contributed by atoms with Crippen LogP contribution in [0.25, 0.3) is 0 Å². The van der Waals surface area contributed by atoms with E-state index in [0.29, 0.717) is 23.0 Å². The van der Waals surface area contributed by atoms with Crippen LogP contribution in [0, 0.1) is 11.7 Å². The van der Waals surface area contributed by atoms with Gasteiger partial charge in [0.2, 0.25) is 0 Å². The Morgan fingerprint density at radius 3 is 2.71 bits per heavy atom. The maximum absolute atomic E-state index is 13.3. The van der Waals surface area contributed by atoms with Crippen molar-refractivity contribution in [2.24, 2.45) is 5.92 Å². The lowest BCUT2D eigenvalue weighted by Gasteiger charge is -2.04. The van der Waals surface area contributed by atoms with Crippen molar-refractivity contribution in [1.82, 2.24) is 0 Å². The van der Waals surface area contributed by atoms with Gasteiger partial charge in [-0.25, -0.2) is 4.39 Å². The van der Waals surface area contributed by atoms with E-state index in [1.807, 2.05) is 0 Å². The average Bonchev–Trinajstić information content (AvgIpc) is 2.27. The van der Waals surface area contributed by atoms with Gasteiger partial charge in [-0.1, -0.05) is 32.4 Å². The third-order valence-corrected chi connectivity index (χ3v) is 3.57. The van der Waals surface area contributed by atoms with Crippen LogP contribution in [0.3, 0.4) is 0 Å². The van der Waals surface area contributed by atoms with E-state index in [1.54, 1.807) is 18.2 Å². The number of benzene rings is 1. The normalized spacial score (nSPS) is 10.8. The largest absolute Gasteiger partial charge is 0.299 e. The zero-order valence-electron chi connectivity index (χ0n) is 10.4. The van der Waals surface area contributed by atoms with Crippen molar-refractivity contribution in [3.05, 3.63) is 30.1 Å². The summed E-state index contributed by atoms with van der Waals surface area (Å²) in [6.45, 7) is 4.30. The van der Waals surface area contributed by atoms with Crippen molar-refractivity contribution in [2.45, 2.75) is 38.0 Å². The second kappa shape index (κ2) is 7.49. The molecule has 0 saturated carbocycles. The van der Waals surface area contributed by atoms with Gasteiger partial charge >= 0.3 is 0 Å². The van der Waals surface area contributed by atoms with Gasteiger partial charge in [-0.2, -0.15) is 0 Å². The molecular weight excluding hydrogens is 235 g/mol. The van der Waals surface area contributed by atoms with E-state index >= 15 is 0 Å². The number of halogens is 1. The highest BCUT2D eigenvalue weighted by atomic mass is 32.2. The minimum absolute atomic E-state index is 0.207. The maximum Gasteiger partial charge on any atom is 0.143 e. The summed E-state index contributed by atoms with van der Waals surface area (Å²) < 4.78 is 13.3. The monoisotopic (exact) mass is 254 g/mol. The molecule has 0 bridgehead atoms. The first-order valence-corrected chi connectivity index (χ1v) is 6.97. The van der Waals surface area contributed by atoms with Gasteiger partial charge in [0.15, 0.2) is 0 Å². The third kappa shape index (κ3) is 5.87. The van der Waals surface area contributed by atoms with Crippen LogP contribution in [0.15, 0.2) is 29.2 Å². The Kier molecular flexibility index (Phi) is 6.27. The van der Waals surface area contributed by atoms with Crippen molar-refractivity contribution in [3.63, 3.8) is 0 Å². The number of rotatable bonds is 7. The van der Waals surface area contributed by atoms with E-state index in [9.17, 15) is 9.18 Å². The van der Waals surface area contributed by atoms with Crippen LogP contribution in [0.4, 0.5) is 4.39 Å². The smallest absolute Gasteiger partial charge is 0.143 e. The minimum atomic E-state index is -0.243. The van der Waals surface area contributed by atoms with E-state index in [0.717, 1.165) is 12.8 Å². The SMILES string of the molecule is CC(C)CCCC(=O)CSc1ccccc1F. The molecule has 0 saturated heterocycles. The van der Waals surface area contributed by atoms with Gasteiger partial charge in [-0.15, -0.1) is 11.8 Å². The Morgan fingerprint density at radius 2 is 2.06 bits per heavy atom. The zero-order chi connectivity index (χ0) is 12.7. The van der Waals surface area contributed by atoms with Gasteiger partial charge < -0.3 is 0 Å². The molecular formula is C14H19FOS. The standard InChI is InChI=1S/C14H19FOS/c1-11(2)6-5-7-12(16)10-17-14-9-4-3-8-13(14)15/h3-4,8-9,11H,5-7,10H2,1-2H3. The Balaban J connectivity index is 2.26. The predicted octanol–water partition coefficient (Wildman–Crippen LogP) is 4.31. The zero-order valence-corrected chi connectivity index (χ0v) is 11.2. The summed E-state index contributed by atoms with van der Waals surface area (Å²) >= 11 is 1.29. The van der Waals surface area contributed by atoms with E-state index in [2.05, 4.69) is 13.8 Å². The highest BCUT2D eigenvalue weighted by Gasteiger charge is 2.06. The molecule has 3 heteroatoms. The van der Waals surface area contributed by atoms with Crippen molar-refractivity contribution in [3.8, 4) is 0 Å². The van der Waals surface area contributed by atoms with Crippen molar-refractivity contribution >= 4 is 17.5 Å². The van der Waals surface area contributed by atoms with Gasteiger partial charge in [0.05, 0.1) is 5.75 Å². The fourth-order valence-electron chi connectivity index (χ4n) is 1.50. The molecule has 0 heterocycles. The maximum atomic E-state index is 13.3. The summed E-state index contributed by atoms with van der Waals surface area (Å²) in [6.07, 6.45) is 2.63. The molecule has 0 aliphatic carbocycles. The molecule has 0 fully saturated rings. The molecule has 0 aliphatic heterocycles. The molecule has 1 rings (SSSR count). The highest BCUT2D eigenvalue weighted by Crippen LogP contribution is 2.21. The first-order chi connectivity index (χ1) is 8.09. The molecule has 0 aliphatic rings. The molecule has 0 aromatic heterocycles. The van der Waals surface area contributed by atoms with E-state index in [-0.39, 0.29) is 11.6 Å². The highest BCUT2D eigenvalue weighted by molar-refractivity contribution is 8.00. The Bertz CT molecular complexity index is 363. The summed E-state index contributed by atoms with van der Waals surface area (Å²) in [7, 11) is 0. The summed E-state index contributed by atoms with van der Waals surface area (Å²) in [6, 6.07) is 6.57. The van der Waals surface area contributed by atoms with E-state index < -0.39 is 0 Å². The van der Waals surface area contributed by atoms with Crippen LogP contribution >= 0.6 is 11.8 Å². The lowest BCUT2D eigenvalue weighted by molar-refractivity contribution is -0.116. The fourth-order valence-corrected chi connectivity index (χ4v) is 2.34. The molecule has 94 valence electrons. The Hall–Kier alpha value is -0.830. The van der Waals surface area contributed by atoms with E-state index in [1.165, 1.54) is 17.8 Å². The topological polar surface area (TPSA) is 17.1 Å². The molecule has 0 N–H and O–H groups in total. The second-order valence-corrected chi connectivity index (χ2v) is 5.56. The van der Waals surface area contributed by atoms with Crippen LogP contribution in [0.1, 0.15) is 33.1 Å². The fraction of sp³-hybridized carbons (Fsp3) is 0.500. The molecule has 0 unspecified atom stereocenters. The predicted molar refractivity (Wildman–Crippen MR) is 70.8 cm³/mol. The molecule has 1 aromatic carbocycles. The molecule has 0 spiro atoms. The lowest BCUT2D eigenvalue weighted by atomic mass is 10.1. The minimum Gasteiger partial charge on any atom is -0.299 e. The molecule has 0 radical (unpaired) electrons.